The summed E-state index contributed by atoms with van der Waals surface area (Å²) in [6, 6.07) is 26.8. The standard InChI is InChI=1S/C33H29F6NO4/c34-32(35,36)43-29-12-6-4-10-27(29)31(41,28-11-5-7-13-30(28)44-33(37,38)39)24-18-20-40(21-19-24)22-23-14-16-26(17-15-23)42-25-8-2-1-3-9-25/h1-17,24,41H,18-22H2. The van der Waals surface area contributed by atoms with Crippen molar-refractivity contribution in [3.63, 3.8) is 0 Å². The molecule has 1 aliphatic rings. The van der Waals surface area contributed by atoms with Gasteiger partial charge in [0.05, 0.1) is 0 Å². The van der Waals surface area contributed by atoms with E-state index in [1.165, 1.54) is 36.4 Å². The quantitative estimate of drug-likeness (QED) is 0.191. The van der Waals surface area contributed by atoms with Crippen LogP contribution in [0.15, 0.2) is 103 Å². The number of alkyl halides is 6. The Morgan fingerprint density at radius 1 is 0.614 bits per heavy atom. The van der Waals surface area contributed by atoms with Gasteiger partial charge in [0.2, 0.25) is 0 Å². The fourth-order valence-corrected chi connectivity index (χ4v) is 5.63. The summed E-state index contributed by atoms with van der Waals surface area (Å²) in [5.74, 6) is -0.798. The summed E-state index contributed by atoms with van der Waals surface area (Å²) in [6.07, 6.45) is -9.65. The molecule has 1 aliphatic heterocycles. The Bertz CT molecular complexity index is 1460. The Morgan fingerprint density at radius 3 is 1.57 bits per heavy atom. The zero-order valence-corrected chi connectivity index (χ0v) is 23.3. The van der Waals surface area contributed by atoms with Gasteiger partial charge in [-0.15, -0.1) is 26.3 Å². The highest BCUT2D eigenvalue weighted by molar-refractivity contribution is 5.50. The van der Waals surface area contributed by atoms with E-state index in [4.69, 9.17) is 4.74 Å². The van der Waals surface area contributed by atoms with Crippen molar-refractivity contribution in [1.82, 2.24) is 4.90 Å². The van der Waals surface area contributed by atoms with Crippen molar-refractivity contribution in [3.05, 3.63) is 120 Å². The molecule has 4 aromatic rings. The molecule has 0 aromatic heterocycles. The summed E-state index contributed by atoms with van der Waals surface area (Å²) >= 11 is 0. The van der Waals surface area contributed by atoms with Gasteiger partial charge >= 0.3 is 12.7 Å². The Kier molecular flexibility index (Phi) is 9.07. The molecular formula is C33H29F6NO4. The zero-order chi connectivity index (χ0) is 31.4. The van der Waals surface area contributed by atoms with Crippen molar-refractivity contribution in [1.29, 1.82) is 0 Å². The SMILES string of the molecule is OC(c1ccccc1OC(F)(F)F)(c1ccccc1OC(F)(F)F)C1CCN(Cc2ccc(Oc3ccccc3)cc2)CC1. The minimum atomic E-state index is -5.09. The predicted molar refractivity (Wildman–Crippen MR) is 150 cm³/mol. The molecule has 5 nitrogen and oxygen atoms in total. The number of rotatable bonds is 9. The molecule has 0 radical (unpaired) electrons. The number of likely N-dealkylation sites (tertiary alicyclic amines) is 1. The van der Waals surface area contributed by atoms with Crippen LogP contribution in [0.3, 0.4) is 0 Å². The smallest absolute Gasteiger partial charge is 0.457 e. The minimum absolute atomic E-state index is 0.270. The van der Waals surface area contributed by atoms with E-state index < -0.39 is 35.7 Å². The number of piperidine rings is 1. The Labute approximate surface area is 250 Å². The summed E-state index contributed by atoms with van der Waals surface area (Å²) in [5, 5.41) is 12.3. The molecule has 0 unspecified atom stereocenters. The highest BCUT2D eigenvalue weighted by Crippen LogP contribution is 2.49. The number of benzene rings is 4. The molecule has 1 heterocycles. The topological polar surface area (TPSA) is 51.2 Å². The first kappa shape index (κ1) is 31.2. The maximum Gasteiger partial charge on any atom is 0.573 e. The molecule has 1 N–H and O–H groups in total. The zero-order valence-electron chi connectivity index (χ0n) is 23.3. The molecule has 4 aromatic carbocycles. The normalized spacial score (nSPS) is 15.2. The third kappa shape index (κ3) is 7.64. The number of nitrogens with zero attached hydrogens (tertiary/aromatic N) is 1. The molecule has 232 valence electrons. The van der Waals surface area contributed by atoms with Gasteiger partial charge in [-0.25, -0.2) is 0 Å². The first-order valence-corrected chi connectivity index (χ1v) is 13.9. The van der Waals surface area contributed by atoms with Crippen molar-refractivity contribution >= 4 is 0 Å². The monoisotopic (exact) mass is 617 g/mol. The van der Waals surface area contributed by atoms with Crippen LogP contribution in [0.5, 0.6) is 23.0 Å². The van der Waals surface area contributed by atoms with Crippen LogP contribution < -0.4 is 14.2 Å². The van der Waals surface area contributed by atoms with E-state index in [-0.39, 0.29) is 24.0 Å². The van der Waals surface area contributed by atoms with Crippen molar-refractivity contribution < 1.29 is 45.7 Å². The van der Waals surface area contributed by atoms with Crippen LogP contribution in [-0.2, 0) is 12.1 Å². The maximum atomic E-state index is 13.4. The average Bonchev–Trinajstić information content (AvgIpc) is 2.98. The molecule has 5 rings (SSSR count). The number of hydrogen-bond donors (Lipinski definition) is 1. The molecule has 1 saturated heterocycles. The van der Waals surface area contributed by atoms with Gasteiger partial charge in [0.25, 0.3) is 0 Å². The van der Waals surface area contributed by atoms with Crippen LogP contribution in [0.1, 0.15) is 29.5 Å². The maximum absolute atomic E-state index is 13.4. The molecule has 1 fully saturated rings. The van der Waals surface area contributed by atoms with Crippen LogP contribution in [0.2, 0.25) is 0 Å². The van der Waals surface area contributed by atoms with E-state index in [1.54, 1.807) is 0 Å². The molecule has 0 bridgehead atoms. The van der Waals surface area contributed by atoms with Crippen molar-refractivity contribution in [2.75, 3.05) is 13.1 Å². The third-order valence-corrected chi connectivity index (χ3v) is 7.53. The number of ether oxygens (including phenoxy) is 3. The minimum Gasteiger partial charge on any atom is -0.457 e. The van der Waals surface area contributed by atoms with Gasteiger partial charge in [-0.1, -0.05) is 66.7 Å². The van der Waals surface area contributed by atoms with Gasteiger partial charge < -0.3 is 19.3 Å². The lowest BCUT2D eigenvalue weighted by Gasteiger charge is -2.43. The number of halogens is 6. The van der Waals surface area contributed by atoms with Crippen LogP contribution in [0.25, 0.3) is 0 Å². The predicted octanol–water partition coefficient (Wildman–Crippen LogP) is 8.42. The third-order valence-electron chi connectivity index (χ3n) is 7.53. The fraction of sp³-hybridized carbons (Fsp3) is 0.273. The molecule has 0 spiro atoms. The van der Waals surface area contributed by atoms with E-state index in [9.17, 15) is 31.4 Å². The van der Waals surface area contributed by atoms with Gasteiger partial charge in [-0.3, -0.25) is 4.90 Å². The number of aliphatic hydroxyl groups is 1. The summed E-state index contributed by atoms with van der Waals surface area (Å²) < 4.78 is 94.4. The van der Waals surface area contributed by atoms with E-state index >= 15 is 0 Å². The average molecular weight is 618 g/mol. The van der Waals surface area contributed by atoms with Crippen molar-refractivity contribution in [3.8, 4) is 23.0 Å². The van der Waals surface area contributed by atoms with Crippen LogP contribution in [-0.4, -0.2) is 35.8 Å². The fourth-order valence-electron chi connectivity index (χ4n) is 5.63. The largest absolute Gasteiger partial charge is 0.573 e. The van der Waals surface area contributed by atoms with Crippen molar-refractivity contribution in [2.45, 2.75) is 37.7 Å². The Hall–Kier alpha value is -4.22. The lowest BCUT2D eigenvalue weighted by molar-refractivity contribution is -0.275. The Balaban J connectivity index is 1.39. The van der Waals surface area contributed by atoms with E-state index in [0.29, 0.717) is 31.1 Å². The van der Waals surface area contributed by atoms with E-state index in [1.807, 2.05) is 54.6 Å². The molecule has 44 heavy (non-hydrogen) atoms. The number of hydrogen-bond acceptors (Lipinski definition) is 5. The van der Waals surface area contributed by atoms with Gasteiger partial charge in [-0.2, -0.15) is 0 Å². The molecule has 11 heteroatoms. The molecular weight excluding hydrogens is 588 g/mol. The highest BCUT2D eigenvalue weighted by Gasteiger charge is 2.47. The van der Waals surface area contributed by atoms with Crippen LogP contribution in [0, 0.1) is 5.92 Å². The summed E-state index contributed by atoms with van der Waals surface area (Å²) in [4.78, 5) is 2.11. The first-order valence-electron chi connectivity index (χ1n) is 13.9. The van der Waals surface area contributed by atoms with E-state index in [0.717, 1.165) is 17.7 Å². The van der Waals surface area contributed by atoms with Gasteiger partial charge in [0.15, 0.2) is 0 Å². The van der Waals surface area contributed by atoms with Gasteiger partial charge in [0, 0.05) is 17.7 Å². The Morgan fingerprint density at radius 2 is 1.07 bits per heavy atom. The second kappa shape index (κ2) is 12.8. The van der Waals surface area contributed by atoms with Gasteiger partial charge in [-0.05, 0) is 73.8 Å². The summed E-state index contributed by atoms with van der Waals surface area (Å²) in [5.41, 5.74) is -1.91. The lowest BCUT2D eigenvalue weighted by atomic mass is 9.71. The van der Waals surface area contributed by atoms with Gasteiger partial charge in [0.1, 0.15) is 28.6 Å². The molecule has 0 atom stereocenters. The lowest BCUT2D eigenvalue weighted by Crippen LogP contribution is -2.44. The number of para-hydroxylation sites is 3. The molecule has 0 saturated carbocycles. The van der Waals surface area contributed by atoms with Crippen LogP contribution >= 0.6 is 0 Å². The van der Waals surface area contributed by atoms with Crippen LogP contribution in [0.4, 0.5) is 26.3 Å². The van der Waals surface area contributed by atoms with Crippen molar-refractivity contribution in [2.24, 2.45) is 5.92 Å². The summed E-state index contributed by atoms with van der Waals surface area (Å²) in [7, 11) is 0. The second-order valence-electron chi connectivity index (χ2n) is 10.5. The summed E-state index contributed by atoms with van der Waals surface area (Å²) in [6.45, 7) is 1.41. The second-order valence-corrected chi connectivity index (χ2v) is 10.5. The highest BCUT2D eigenvalue weighted by atomic mass is 19.4. The first-order chi connectivity index (χ1) is 20.9. The van der Waals surface area contributed by atoms with E-state index in [2.05, 4.69) is 14.4 Å². The molecule has 0 amide bonds. The molecule has 0 aliphatic carbocycles.